The number of amides is 3. The number of aliphatic hydroxyl groups is 1. The van der Waals surface area contributed by atoms with E-state index < -0.39 is 54.0 Å². The Labute approximate surface area is 205 Å². The van der Waals surface area contributed by atoms with Gasteiger partial charge in [-0.15, -0.1) is 0 Å². The Morgan fingerprint density at radius 1 is 0.857 bits per heavy atom. The highest BCUT2D eigenvalue weighted by molar-refractivity contribution is 5.94. The summed E-state index contributed by atoms with van der Waals surface area (Å²) < 4.78 is 0. The van der Waals surface area contributed by atoms with E-state index in [2.05, 4.69) is 16.0 Å². The van der Waals surface area contributed by atoms with Crippen LogP contribution in [0.25, 0.3) is 0 Å². The first-order chi connectivity index (χ1) is 16.2. The number of phenols is 1. The fraction of sp³-hybridized carbons (Fsp3) is 0.583. The zero-order valence-electron chi connectivity index (χ0n) is 20.8. The van der Waals surface area contributed by atoms with Crippen molar-refractivity contribution in [3.05, 3.63) is 29.8 Å². The van der Waals surface area contributed by atoms with Crippen LogP contribution in [0.3, 0.4) is 0 Å². The van der Waals surface area contributed by atoms with Gasteiger partial charge in [-0.2, -0.15) is 0 Å². The fourth-order valence-electron chi connectivity index (χ4n) is 3.38. The van der Waals surface area contributed by atoms with Gasteiger partial charge >= 0.3 is 5.97 Å². The predicted molar refractivity (Wildman–Crippen MR) is 129 cm³/mol. The summed E-state index contributed by atoms with van der Waals surface area (Å²) in [4.78, 5) is 49.8. The van der Waals surface area contributed by atoms with Crippen LogP contribution in [-0.4, -0.2) is 69.3 Å². The van der Waals surface area contributed by atoms with E-state index in [4.69, 9.17) is 5.73 Å². The molecule has 0 saturated heterocycles. The number of hydrogen-bond acceptors (Lipinski definition) is 7. The van der Waals surface area contributed by atoms with Crippen molar-refractivity contribution in [3.63, 3.8) is 0 Å². The van der Waals surface area contributed by atoms with Crippen LogP contribution in [0.5, 0.6) is 5.75 Å². The summed E-state index contributed by atoms with van der Waals surface area (Å²) >= 11 is 0. The number of carbonyl (C=O) groups excluding carboxylic acids is 3. The maximum absolute atomic E-state index is 13.0. The molecule has 196 valence electrons. The summed E-state index contributed by atoms with van der Waals surface area (Å²) in [5.74, 6) is -3.70. The maximum atomic E-state index is 13.0. The molecule has 0 radical (unpaired) electrons. The van der Waals surface area contributed by atoms with Crippen molar-refractivity contribution >= 4 is 23.7 Å². The lowest BCUT2D eigenvalue weighted by Crippen LogP contribution is -2.61. The number of rotatable bonds is 13. The third-order valence-corrected chi connectivity index (χ3v) is 5.36. The number of carboxylic acids is 1. The number of benzene rings is 1. The van der Waals surface area contributed by atoms with Crippen molar-refractivity contribution in [2.24, 2.45) is 17.6 Å². The molecular formula is C24H38N4O7. The van der Waals surface area contributed by atoms with E-state index in [1.54, 1.807) is 39.8 Å². The third kappa shape index (κ3) is 9.91. The van der Waals surface area contributed by atoms with E-state index in [0.29, 0.717) is 0 Å². The van der Waals surface area contributed by atoms with Crippen LogP contribution < -0.4 is 21.7 Å². The number of nitrogens with one attached hydrogen (secondary N) is 3. The number of nitrogens with two attached hydrogens (primary N) is 1. The molecule has 1 aromatic carbocycles. The van der Waals surface area contributed by atoms with E-state index in [-0.39, 0.29) is 30.4 Å². The fourth-order valence-corrected chi connectivity index (χ4v) is 3.38. The second-order valence-corrected chi connectivity index (χ2v) is 9.46. The molecule has 1 rings (SSSR count). The minimum atomic E-state index is -1.43. The van der Waals surface area contributed by atoms with Gasteiger partial charge in [0, 0.05) is 0 Å². The standard InChI is InChI=1S/C24H38N4O7/c1-12(2)10-18(24(34)35)26-23(33)20(14(5)29)28-22(32)19(13(3)4)27-21(31)17(25)11-15-6-8-16(30)9-7-15/h6-9,12-14,17-20,29-30H,10-11,25H2,1-5H3,(H,26,33)(H,27,31)(H,28,32)(H,34,35). The van der Waals surface area contributed by atoms with Gasteiger partial charge in [-0.05, 0) is 49.3 Å². The smallest absolute Gasteiger partial charge is 0.326 e. The van der Waals surface area contributed by atoms with Gasteiger partial charge in [-0.25, -0.2) is 4.79 Å². The second-order valence-electron chi connectivity index (χ2n) is 9.46. The Morgan fingerprint density at radius 3 is 1.83 bits per heavy atom. The van der Waals surface area contributed by atoms with Crippen LogP contribution in [0.2, 0.25) is 0 Å². The van der Waals surface area contributed by atoms with Gasteiger partial charge in [0.25, 0.3) is 0 Å². The number of hydrogen-bond donors (Lipinski definition) is 7. The third-order valence-electron chi connectivity index (χ3n) is 5.36. The lowest BCUT2D eigenvalue weighted by atomic mass is 10.00. The monoisotopic (exact) mass is 494 g/mol. The number of carboxylic acid groups (broad SMARTS) is 1. The summed E-state index contributed by atoms with van der Waals surface area (Å²) in [5, 5.41) is 36.2. The Bertz CT molecular complexity index is 871. The van der Waals surface area contributed by atoms with Crippen LogP contribution in [0.4, 0.5) is 0 Å². The van der Waals surface area contributed by atoms with E-state index in [1.165, 1.54) is 19.1 Å². The molecule has 0 saturated carbocycles. The quantitative estimate of drug-likeness (QED) is 0.197. The first kappa shape index (κ1) is 29.9. The molecule has 5 atom stereocenters. The van der Waals surface area contributed by atoms with Crippen molar-refractivity contribution in [2.45, 2.75) is 77.7 Å². The number of aliphatic hydroxyl groups excluding tert-OH is 1. The van der Waals surface area contributed by atoms with Crippen molar-refractivity contribution in [3.8, 4) is 5.75 Å². The van der Waals surface area contributed by atoms with Crippen molar-refractivity contribution in [1.82, 2.24) is 16.0 Å². The minimum absolute atomic E-state index is 0.0118. The summed E-state index contributed by atoms with van der Waals surface area (Å²) in [6, 6.07) is 1.56. The van der Waals surface area contributed by atoms with Gasteiger partial charge < -0.3 is 37.0 Å². The molecule has 0 aliphatic rings. The lowest BCUT2D eigenvalue weighted by Gasteiger charge is -2.28. The maximum Gasteiger partial charge on any atom is 0.326 e. The normalized spacial score (nSPS) is 15.6. The van der Waals surface area contributed by atoms with E-state index >= 15 is 0 Å². The predicted octanol–water partition coefficient (Wildman–Crippen LogP) is -0.116. The number of phenolic OH excluding ortho intramolecular Hbond substituents is 1. The van der Waals surface area contributed by atoms with Crippen molar-refractivity contribution in [1.29, 1.82) is 0 Å². The lowest BCUT2D eigenvalue weighted by molar-refractivity contribution is -0.143. The largest absolute Gasteiger partial charge is 0.508 e. The van der Waals surface area contributed by atoms with Crippen molar-refractivity contribution < 1.29 is 34.5 Å². The molecule has 11 heteroatoms. The molecular weight excluding hydrogens is 456 g/mol. The van der Waals surface area contributed by atoms with Crippen molar-refractivity contribution in [2.75, 3.05) is 0 Å². The first-order valence-corrected chi connectivity index (χ1v) is 11.6. The molecule has 0 aliphatic heterocycles. The van der Waals surface area contributed by atoms with Crippen LogP contribution in [0.15, 0.2) is 24.3 Å². The molecule has 5 unspecified atom stereocenters. The highest BCUT2D eigenvalue weighted by atomic mass is 16.4. The van der Waals surface area contributed by atoms with Gasteiger partial charge in [0.15, 0.2) is 0 Å². The molecule has 1 aromatic rings. The Kier molecular flexibility index (Phi) is 11.6. The Balaban J connectivity index is 2.88. The molecule has 0 spiro atoms. The molecule has 3 amide bonds. The highest BCUT2D eigenvalue weighted by Gasteiger charge is 2.33. The van der Waals surface area contributed by atoms with Gasteiger partial charge in [-0.3, -0.25) is 14.4 Å². The Hall–Kier alpha value is -3.18. The molecule has 0 aromatic heterocycles. The SMILES string of the molecule is CC(C)CC(NC(=O)C(NC(=O)C(NC(=O)C(N)Cc1ccc(O)cc1)C(C)C)C(C)O)C(=O)O. The molecule has 0 fully saturated rings. The highest BCUT2D eigenvalue weighted by Crippen LogP contribution is 2.12. The molecule has 0 heterocycles. The summed E-state index contributed by atoms with van der Waals surface area (Å²) in [7, 11) is 0. The van der Waals surface area contributed by atoms with Gasteiger partial charge in [-0.1, -0.05) is 39.8 Å². The average Bonchev–Trinajstić information content (AvgIpc) is 2.75. The zero-order chi connectivity index (χ0) is 26.9. The van der Waals surface area contributed by atoms with Gasteiger partial charge in [0.05, 0.1) is 12.1 Å². The second kappa shape index (κ2) is 13.6. The molecule has 0 bridgehead atoms. The number of aliphatic carboxylic acids is 1. The van der Waals surface area contributed by atoms with Crippen LogP contribution in [0, 0.1) is 11.8 Å². The van der Waals surface area contributed by atoms with Crippen LogP contribution in [0.1, 0.15) is 46.6 Å². The average molecular weight is 495 g/mol. The summed E-state index contributed by atoms with van der Waals surface area (Å²) in [6.45, 7) is 8.28. The first-order valence-electron chi connectivity index (χ1n) is 11.6. The number of aromatic hydroxyl groups is 1. The molecule has 0 aliphatic carbocycles. The van der Waals surface area contributed by atoms with E-state index in [0.717, 1.165) is 5.56 Å². The van der Waals surface area contributed by atoms with Gasteiger partial charge in [0.2, 0.25) is 17.7 Å². The molecule has 11 nitrogen and oxygen atoms in total. The zero-order valence-corrected chi connectivity index (χ0v) is 20.8. The van der Waals surface area contributed by atoms with Gasteiger partial charge in [0.1, 0.15) is 23.9 Å². The Morgan fingerprint density at radius 2 is 1.37 bits per heavy atom. The van der Waals surface area contributed by atoms with Crippen LogP contribution in [-0.2, 0) is 25.6 Å². The number of carbonyl (C=O) groups is 4. The summed E-state index contributed by atoms with van der Waals surface area (Å²) in [6.07, 6.45) is -0.984. The minimum Gasteiger partial charge on any atom is -0.508 e. The van der Waals surface area contributed by atoms with Crippen LogP contribution >= 0.6 is 0 Å². The summed E-state index contributed by atoms with van der Waals surface area (Å²) in [5.41, 5.74) is 6.71. The molecule has 8 N–H and O–H groups in total. The van der Waals surface area contributed by atoms with E-state index in [1.807, 2.05) is 0 Å². The molecule has 35 heavy (non-hydrogen) atoms. The topological polar surface area (TPSA) is 191 Å². The van der Waals surface area contributed by atoms with E-state index in [9.17, 15) is 34.5 Å².